The SMILES string of the molecule is Cn1ccc(C(=O)C2CCCNC2)c1. The van der Waals surface area contributed by atoms with Crippen molar-refractivity contribution >= 4 is 5.78 Å². The maximum Gasteiger partial charge on any atom is 0.168 e. The topological polar surface area (TPSA) is 34.0 Å². The summed E-state index contributed by atoms with van der Waals surface area (Å²) in [5, 5.41) is 3.26. The molecule has 1 saturated heterocycles. The Morgan fingerprint density at radius 3 is 3.07 bits per heavy atom. The maximum absolute atomic E-state index is 12.0. The molecule has 1 N–H and O–H groups in total. The van der Waals surface area contributed by atoms with Crippen LogP contribution in [0.1, 0.15) is 23.2 Å². The van der Waals surface area contributed by atoms with Gasteiger partial charge in [-0.15, -0.1) is 0 Å². The van der Waals surface area contributed by atoms with Crippen molar-refractivity contribution in [3.63, 3.8) is 0 Å². The minimum atomic E-state index is 0.186. The Morgan fingerprint density at radius 1 is 1.64 bits per heavy atom. The molecule has 1 atom stereocenters. The van der Waals surface area contributed by atoms with Gasteiger partial charge in [0, 0.05) is 37.5 Å². The van der Waals surface area contributed by atoms with Crippen molar-refractivity contribution in [1.82, 2.24) is 9.88 Å². The first-order valence-electron chi connectivity index (χ1n) is 5.14. The van der Waals surface area contributed by atoms with Crippen LogP contribution in [0.25, 0.3) is 0 Å². The first-order chi connectivity index (χ1) is 6.77. The van der Waals surface area contributed by atoms with E-state index >= 15 is 0 Å². The quantitative estimate of drug-likeness (QED) is 0.715. The van der Waals surface area contributed by atoms with E-state index in [0.29, 0.717) is 0 Å². The van der Waals surface area contributed by atoms with Gasteiger partial charge < -0.3 is 9.88 Å². The number of carbonyl (C=O) groups is 1. The van der Waals surface area contributed by atoms with Gasteiger partial charge in [0.05, 0.1) is 0 Å². The summed E-state index contributed by atoms with van der Waals surface area (Å²) in [7, 11) is 1.94. The van der Waals surface area contributed by atoms with Gasteiger partial charge in [0.2, 0.25) is 0 Å². The van der Waals surface area contributed by atoms with Crippen LogP contribution in [0, 0.1) is 5.92 Å². The van der Waals surface area contributed by atoms with Crippen LogP contribution < -0.4 is 5.32 Å². The Bertz CT molecular complexity index is 324. The van der Waals surface area contributed by atoms with Crippen LogP contribution in [0.2, 0.25) is 0 Å². The molecule has 0 aliphatic carbocycles. The van der Waals surface area contributed by atoms with Gasteiger partial charge in [-0.1, -0.05) is 0 Å². The van der Waals surface area contributed by atoms with Crippen LogP contribution in [0.15, 0.2) is 18.5 Å². The van der Waals surface area contributed by atoms with Gasteiger partial charge in [-0.05, 0) is 25.5 Å². The van der Waals surface area contributed by atoms with Crippen LogP contribution >= 0.6 is 0 Å². The molecule has 2 heterocycles. The van der Waals surface area contributed by atoms with Crippen molar-refractivity contribution in [1.29, 1.82) is 0 Å². The number of hydrogen-bond acceptors (Lipinski definition) is 2. The Kier molecular flexibility index (Phi) is 2.68. The summed E-state index contributed by atoms with van der Waals surface area (Å²) in [5.41, 5.74) is 0.848. The van der Waals surface area contributed by atoms with E-state index in [1.165, 1.54) is 0 Å². The second kappa shape index (κ2) is 3.96. The lowest BCUT2D eigenvalue weighted by atomic mass is 9.92. The standard InChI is InChI=1S/C11H16N2O/c1-13-6-4-10(8-13)11(14)9-3-2-5-12-7-9/h4,6,8-9,12H,2-3,5,7H2,1H3. The number of ketones is 1. The predicted molar refractivity (Wildman–Crippen MR) is 55.3 cm³/mol. The van der Waals surface area contributed by atoms with Crippen LogP contribution in [0.4, 0.5) is 0 Å². The molecule has 3 heteroatoms. The summed E-state index contributed by atoms with van der Waals surface area (Å²) in [6, 6.07) is 1.90. The van der Waals surface area contributed by atoms with Crippen molar-refractivity contribution in [2.45, 2.75) is 12.8 Å². The molecule has 3 nitrogen and oxygen atoms in total. The molecule has 0 saturated carbocycles. The Labute approximate surface area is 84.1 Å². The number of rotatable bonds is 2. The minimum Gasteiger partial charge on any atom is -0.357 e. The number of aryl methyl sites for hydroxylation is 1. The fraction of sp³-hybridized carbons (Fsp3) is 0.545. The Balaban J connectivity index is 2.07. The number of Topliss-reactive ketones (excluding diaryl/α,β-unsaturated/α-hetero) is 1. The number of nitrogens with one attached hydrogen (secondary N) is 1. The number of nitrogens with zero attached hydrogens (tertiary/aromatic N) is 1. The van der Waals surface area contributed by atoms with E-state index in [1.807, 2.05) is 30.1 Å². The van der Waals surface area contributed by atoms with Gasteiger partial charge in [-0.25, -0.2) is 0 Å². The average molecular weight is 192 g/mol. The highest BCUT2D eigenvalue weighted by atomic mass is 16.1. The summed E-state index contributed by atoms with van der Waals surface area (Å²) in [4.78, 5) is 12.0. The molecule has 1 unspecified atom stereocenters. The molecular weight excluding hydrogens is 176 g/mol. The maximum atomic E-state index is 12.0. The van der Waals surface area contributed by atoms with Crippen molar-refractivity contribution < 1.29 is 4.79 Å². The fourth-order valence-corrected chi connectivity index (χ4v) is 1.96. The second-order valence-electron chi connectivity index (χ2n) is 3.97. The molecule has 1 fully saturated rings. The third-order valence-electron chi connectivity index (χ3n) is 2.78. The van der Waals surface area contributed by atoms with Gasteiger partial charge in [-0.2, -0.15) is 0 Å². The molecule has 2 rings (SSSR count). The van der Waals surface area contributed by atoms with Crippen molar-refractivity contribution in [3.8, 4) is 0 Å². The third-order valence-corrected chi connectivity index (χ3v) is 2.78. The summed E-state index contributed by atoms with van der Waals surface area (Å²) >= 11 is 0. The van der Waals surface area contributed by atoms with E-state index in [1.54, 1.807) is 0 Å². The predicted octanol–water partition coefficient (Wildman–Crippen LogP) is 1.21. The Hall–Kier alpha value is -1.09. The van der Waals surface area contributed by atoms with Gasteiger partial charge in [0.25, 0.3) is 0 Å². The largest absolute Gasteiger partial charge is 0.357 e. The number of piperidine rings is 1. The van der Waals surface area contributed by atoms with Crippen LogP contribution in [0.3, 0.4) is 0 Å². The van der Waals surface area contributed by atoms with Crippen molar-refractivity contribution in [2.24, 2.45) is 13.0 Å². The molecule has 0 spiro atoms. The lowest BCUT2D eigenvalue weighted by molar-refractivity contribution is 0.0899. The summed E-state index contributed by atoms with van der Waals surface area (Å²) < 4.78 is 1.92. The van der Waals surface area contributed by atoms with Crippen LogP contribution in [0.5, 0.6) is 0 Å². The summed E-state index contributed by atoms with van der Waals surface area (Å²) in [6.45, 7) is 1.90. The first-order valence-corrected chi connectivity index (χ1v) is 5.14. The highest BCUT2D eigenvalue weighted by molar-refractivity contribution is 5.97. The molecule has 1 aromatic heterocycles. The molecule has 0 amide bonds. The van der Waals surface area contributed by atoms with Crippen molar-refractivity contribution in [3.05, 3.63) is 24.0 Å². The molecular formula is C11H16N2O. The van der Waals surface area contributed by atoms with E-state index in [4.69, 9.17) is 0 Å². The first kappa shape index (κ1) is 9.46. The van der Waals surface area contributed by atoms with E-state index in [-0.39, 0.29) is 11.7 Å². The van der Waals surface area contributed by atoms with E-state index in [0.717, 1.165) is 31.5 Å². The lowest BCUT2D eigenvalue weighted by Crippen LogP contribution is -2.34. The fourth-order valence-electron chi connectivity index (χ4n) is 1.96. The van der Waals surface area contributed by atoms with Gasteiger partial charge in [0.15, 0.2) is 5.78 Å². The smallest absolute Gasteiger partial charge is 0.168 e. The van der Waals surface area contributed by atoms with E-state index in [9.17, 15) is 4.79 Å². The molecule has 76 valence electrons. The molecule has 0 bridgehead atoms. The molecule has 0 radical (unpaired) electrons. The Morgan fingerprint density at radius 2 is 2.50 bits per heavy atom. The zero-order valence-electron chi connectivity index (χ0n) is 8.49. The molecule has 1 aliphatic heterocycles. The average Bonchev–Trinajstić information content (AvgIpc) is 2.65. The highest BCUT2D eigenvalue weighted by Gasteiger charge is 2.22. The summed E-state index contributed by atoms with van der Waals surface area (Å²) in [5.74, 6) is 0.476. The number of hydrogen-bond donors (Lipinski definition) is 1. The summed E-state index contributed by atoms with van der Waals surface area (Å²) in [6.07, 6.45) is 5.96. The van der Waals surface area contributed by atoms with E-state index in [2.05, 4.69) is 5.32 Å². The second-order valence-corrected chi connectivity index (χ2v) is 3.97. The zero-order valence-corrected chi connectivity index (χ0v) is 8.49. The third kappa shape index (κ3) is 1.87. The van der Waals surface area contributed by atoms with Crippen LogP contribution in [-0.2, 0) is 7.05 Å². The monoisotopic (exact) mass is 192 g/mol. The van der Waals surface area contributed by atoms with Crippen LogP contribution in [-0.4, -0.2) is 23.4 Å². The van der Waals surface area contributed by atoms with Gasteiger partial charge in [0.1, 0.15) is 0 Å². The zero-order chi connectivity index (χ0) is 9.97. The number of carbonyl (C=O) groups excluding carboxylic acids is 1. The minimum absolute atomic E-state index is 0.186. The van der Waals surface area contributed by atoms with Crippen molar-refractivity contribution in [2.75, 3.05) is 13.1 Å². The normalized spacial score (nSPS) is 22.2. The molecule has 14 heavy (non-hydrogen) atoms. The molecule has 1 aliphatic rings. The van der Waals surface area contributed by atoms with E-state index < -0.39 is 0 Å². The van der Waals surface area contributed by atoms with Gasteiger partial charge in [-0.3, -0.25) is 4.79 Å². The lowest BCUT2D eigenvalue weighted by Gasteiger charge is -2.20. The number of aromatic nitrogens is 1. The molecule has 0 aromatic carbocycles. The highest BCUT2D eigenvalue weighted by Crippen LogP contribution is 2.16. The van der Waals surface area contributed by atoms with Gasteiger partial charge >= 0.3 is 0 Å². The molecule has 1 aromatic rings.